The summed E-state index contributed by atoms with van der Waals surface area (Å²) in [6.45, 7) is 6.30. The summed E-state index contributed by atoms with van der Waals surface area (Å²) in [6, 6.07) is -0.141. The zero-order chi connectivity index (χ0) is 13.5. The minimum Gasteiger partial charge on any atom is -0.342 e. The molecule has 5 nitrogen and oxygen atoms in total. The Hall–Kier alpha value is -0.750. The van der Waals surface area contributed by atoms with E-state index in [4.69, 9.17) is 0 Å². The smallest absolute Gasteiger partial charge is 0.242 e. The van der Waals surface area contributed by atoms with Crippen molar-refractivity contribution in [3.8, 4) is 0 Å². The lowest BCUT2D eigenvalue weighted by molar-refractivity contribution is -0.140. The van der Waals surface area contributed by atoms with Crippen LogP contribution in [-0.2, 0) is 9.59 Å². The molecule has 0 aromatic rings. The maximum Gasteiger partial charge on any atom is 0.242 e. The van der Waals surface area contributed by atoms with Crippen LogP contribution in [0.3, 0.4) is 0 Å². The quantitative estimate of drug-likeness (QED) is 0.767. The molecule has 0 bridgehead atoms. The second-order valence-corrected chi connectivity index (χ2v) is 5.49. The third kappa shape index (κ3) is 4.17. The predicted octanol–water partition coefficient (Wildman–Crippen LogP) is 0.0182. The second-order valence-electron chi connectivity index (χ2n) is 4.34. The topological polar surface area (TPSA) is 52.7 Å². The Morgan fingerprint density at radius 2 is 2.00 bits per heavy atom. The molecule has 1 N–H and O–H groups in total. The highest BCUT2D eigenvalue weighted by molar-refractivity contribution is 7.99. The Labute approximate surface area is 113 Å². The summed E-state index contributed by atoms with van der Waals surface area (Å²) in [7, 11) is 1.70. The number of thioether (sulfide) groups is 1. The molecule has 1 saturated heterocycles. The summed E-state index contributed by atoms with van der Waals surface area (Å²) in [5.41, 5.74) is 0. The Morgan fingerprint density at radius 3 is 2.50 bits per heavy atom. The number of rotatable bonds is 5. The third-order valence-corrected chi connectivity index (χ3v) is 4.15. The van der Waals surface area contributed by atoms with Crippen LogP contribution in [0, 0.1) is 0 Å². The van der Waals surface area contributed by atoms with Gasteiger partial charge in [-0.3, -0.25) is 9.59 Å². The Bertz CT molecular complexity index is 289. The summed E-state index contributed by atoms with van der Waals surface area (Å²) in [5, 5.41) is 3.19. The molecule has 1 aliphatic rings. The number of nitrogens with one attached hydrogen (secondary N) is 1. The lowest BCUT2D eigenvalue weighted by Crippen LogP contribution is -2.51. The number of hydrogen-bond acceptors (Lipinski definition) is 4. The van der Waals surface area contributed by atoms with Gasteiger partial charge in [-0.05, 0) is 13.8 Å². The molecule has 1 rings (SSSR count). The van der Waals surface area contributed by atoms with E-state index in [0.29, 0.717) is 13.1 Å². The lowest BCUT2D eigenvalue weighted by atomic mass is 10.2. The molecule has 0 aliphatic carbocycles. The van der Waals surface area contributed by atoms with Crippen LogP contribution >= 0.6 is 11.8 Å². The van der Waals surface area contributed by atoms with E-state index in [0.717, 1.165) is 18.1 Å². The molecule has 104 valence electrons. The first kappa shape index (κ1) is 15.3. The normalized spacial score (nSPS) is 19.4. The van der Waals surface area contributed by atoms with Gasteiger partial charge in [-0.15, -0.1) is 0 Å². The van der Waals surface area contributed by atoms with Gasteiger partial charge in [0.05, 0.1) is 12.6 Å². The van der Waals surface area contributed by atoms with Crippen molar-refractivity contribution >= 4 is 23.6 Å². The fourth-order valence-electron chi connectivity index (χ4n) is 1.95. The first-order valence-corrected chi connectivity index (χ1v) is 7.59. The highest BCUT2D eigenvalue weighted by Crippen LogP contribution is 2.09. The first-order chi connectivity index (χ1) is 8.60. The standard InChI is InChI=1S/C12H23N3O2S/c1-4-15(5-2)11(16)8-14(3)12(17)10-9-18-7-6-13-10/h10,13H,4-9H2,1-3H3. The average molecular weight is 273 g/mol. The van der Waals surface area contributed by atoms with Crippen molar-refractivity contribution in [3.05, 3.63) is 0 Å². The largest absolute Gasteiger partial charge is 0.342 e. The fourth-order valence-corrected chi connectivity index (χ4v) is 2.87. The van der Waals surface area contributed by atoms with E-state index < -0.39 is 0 Å². The van der Waals surface area contributed by atoms with E-state index in [2.05, 4.69) is 5.32 Å². The number of carbonyl (C=O) groups is 2. The van der Waals surface area contributed by atoms with Gasteiger partial charge in [0.25, 0.3) is 0 Å². The molecule has 1 atom stereocenters. The zero-order valence-corrected chi connectivity index (χ0v) is 12.3. The van der Waals surface area contributed by atoms with Gasteiger partial charge in [0.15, 0.2) is 0 Å². The minimum absolute atomic E-state index is 0.0133. The molecule has 1 heterocycles. The van der Waals surface area contributed by atoms with Crippen LogP contribution < -0.4 is 5.32 Å². The van der Waals surface area contributed by atoms with Gasteiger partial charge in [-0.25, -0.2) is 0 Å². The Morgan fingerprint density at radius 1 is 1.33 bits per heavy atom. The first-order valence-electron chi connectivity index (χ1n) is 6.44. The van der Waals surface area contributed by atoms with E-state index in [9.17, 15) is 9.59 Å². The maximum atomic E-state index is 12.1. The molecule has 2 amide bonds. The third-order valence-electron chi connectivity index (χ3n) is 3.08. The van der Waals surface area contributed by atoms with Crippen LogP contribution in [0.15, 0.2) is 0 Å². The van der Waals surface area contributed by atoms with Crippen molar-refractivity contribution in [2.24, 2.45) is 0 Å². The highest BCUT2D eigenvalue weighted by atomic mass is 32.2. The molecule has 0 aromatic heterocycles. The van der Waals surface area contributed by atoms with Crippen molar-refractivity contribution in [2.75, 3.05) is 44.7 Å². The number of likely N-dealkylation sites (N-methyl/N-ethyl adjacent to an activating group) is 2. The van der Waals surface area contributed by atoms with Crippen LogP contribution in [0.4, 0.5) is 0 Å². The van der Waals surface area contributed by atoms with Crippen molar-refractivity contribution < 1.29 is 9.59 Å². The second kappa shape index (κ2) is 7.63. The molecule has 1 unspecified atom stereocenters. The van der Waals surface area contributed by atoms with Crippen LogP contribution in [0.1, 0.15) is 13.8 Å². The summed E-state index contributed by atoms with van der Waals surface area (Å²) in [5.74, 6) is 1.87. The molecule has 1 fully saturated rings. The number of carbonyl (C=O) groups excluding carboxylic acids is 2. The zero-order valence-electron chi connectivity index (χ0n) is 11.4. The number of amides is 2. The summed E-state index contributed by atoms with van der Waals surface area (Å²) in [4.78, 5) is 27.3. The SMILES string of the molecule is CCN(CC)C(=O)CN(C)C(=O)C1CSCCN1. The summed E-state index contributed by atoms with van der Waals surface area (Å²) < 4.78 is 0. The van der Waals surface area contributed by atoms with Crippen molar-refractivity contribution in [3.63, 3.8) is 0 Å². The van der Waals surface area contributed by atoms with Crippen molar-refractivity contribution in [1.29, 1.82) is 0 Å². The van der Waals surface area contributed by atoms with Gasteiger partial charge in [0.2, 0.25) is 11.8 Å². The monoisotopic (exact) mass is 273 g/mol. The minimum atomic E-state index is -0.141. The van der Waals surface area contributed by atoms with Gasteiger partial charge in [0, 0.05) is 38.2 Å². The molecule has 18 heavy (non-hydrogen) atoms. The van der Waals surface area contributed by atoms with E-state index in [1.54, 1.807) is 23.7 Å². The number of nitrogens with zero attached hydrogens (tertiary/aromatic N) is 2. The van der Waals surface area contributed by atoms with Crippen LogP contribution in [0.25, 0.3) is 0 Å². The maximum absolute atomic E-state index is 12.1. The van der Waals surface area contributed by atoms with E-state index in [1.165, 1.54) is 4.90 Å². The van der Waals surface area contributed by atoms with Crippen LogP contribution in [-0.4, -0.2) is 72.4 Å². The van der Waals surface area contributed by atoms with Gasteiger partial charge < -0.3 is 15.1 Å². The van der Waals surface area contributed by atoms with Crippen LogP contribution in [0.2, 0.25) is 0 Å². The van der Waals surface area contributed by atoms with E-state index >= 15 is 0 Å². The highest BCUT2D eigenvalue weighted by Gasteiger charge is 2.25. The molecule has 0 saturated carbocycles. The molecule has 0 aromatic carbocycles. The molecule has 6 heteroatoms. The van der Waals surface area contributed by atoms with Crippen molar-refractivity contribution in [1.82, 2.24) is 15.1 Å². The summed E-state index contributed by atoms with van der Waals surface area (Å²) in [6.07, 6.45) is 0. The average Bonchev–Trinajstić information content (AvgIpc) is 2.40. The van der Waals surface area contributed by atoms with Gasteiger partial charge in [0.1, 0.15) is 0 Å². The predicted molar refractivity (Wildman–Crippen MR) is 74.7 cm³/mol. The molecule has 0 radical (unpaired) electrons. The molecular weight excluding hydrogens is 250 g/mol. The summed E-state index contributed by atoms with van der Waals surface area (Å²) >= 11 is 1.78. The molecule has 1 aliphatic heterocycles. The van der Waals surface area contributed by atoms with Crippen LogP contribution in [0.5, 0.6) is 0 Å². The lowest BCUT2D eigenvalue weighted by Gasteiger charge is -2.28. The van der Waals surface area contributed by atoms with Gasteiger partial charge >= 0.3 is 0 Å². The van der Waals surface area contributed by atoms with Crippen molar-refractivity contribution in [2.45, 2.75) is 19.9 Å². The van der Waals surface area contributed by atoms with Gasteiger partial charge in [-0.1, -0.05) is 0 Å². The number of hydrogen-bond donors (Lipinski definition) is 1. The Balaban J connectivity index is 2.45. The van der Waals surface area contributed by atoms with Gasteiger partial charge in [-0.2, -0.15) is 11.8 Å². The molecular formula is C12H23N3O2S. The van der Waals surface area contributed by atoms with E-state index in [-0.39, 0.29) is 24.4 Å². The van der Waals surface area contributed by atoms with E-state index in [1.807, 2.05) is 13.8 Å². The molecule has 0 spiro atoms. The Kier molecular flexibility index (Phi) is 6.49. The fraction of sp³-hybridized carbons (Fsp3) is 0.833.